The summed E-state index contributed by atoms with van der Waals surface area (Å²) < 4.78 is 0. The van der Waals surface area contributed by atoms with E-state index in [9.17, 15) is 10.5 Å². The van der Waals surface area contributed by atoms with Gasteiger partial charge in [0.25, 0.3) is 0 Å². The first kappa shape index (κ1) is 30.1. The van der Waals surface area contributed by atoms with Gasteiger partial charge in [0.15, 0.2) is 0 Å². The Morgan fingerprint density at radius 2 is 1.37 bits per heavy atom. The molecule has 0 bridgehead atoms. The summed E-state index contributed by atoms with van der Waals surface area (Å²) in [5.41, 5.74) is 0.146. The maximum absolute atomic E-state index is 10.2. The fraction of sp³-hybridized carbons (Fsp3) is 0.935. The van der Waals surface area contributed by atoms with Crippen LogP contribution >= 0.6 is 0 Å². The zero-order valence-electron chi connectivity index (χ0n) is 25.1. The molecule has 2 aliphatic rings. The van der Waals surface area contributed by atoms with Gasteiger partial charge in [-0.25, -0.2) is 0 Å². The number of hydrogen-bond donors (Lipinski definition) is 0. The number of nitriles is 2. The molecule has 4 nitrogen and oxygen atoms in total. The van der Waals surface area contributed by atoms with Gasteiger partial charge < -0.3 is 0 Å². The van der Waals surface area contributed by atoms with E-state index < -0.39 is 0 Å². The molecule has 35 heavy (non-hydrogen) atoms. The molecule has 2 fully saturated rings. The van der Waals surface area contributed by atoms with Crippen molar-refractivity contribution in [2.75, 3.05) is 19.6 Å². The van der Waals surface area contributed by atoms with E-state index in [1.165, 1.54) is 25.7 Å². The minimum Gasteiger partial charge on any atom is -0.298 e. The minimum absolute atomic E-state index is 0.00756. The molecule has 1 saturated carbocycles. The van der Waals surface area contributed by atoms with Crippen LogP contribution in [0, 0.1) is 50.7 Å². The Labute approximate surface area is 218 Å². The molecule has 0 aromatic carbocycles. The van der Waals surface area contributed by atoms with Crippen LogP contribution in [0.25, 0.3) is 0 Å². The van der Waals surface area contributed by atoms with Gasteiger partial charge in [-0.15, -0.1) is 0 Å². The van der Waals surface area contributed by atoms with Crippen molar-refractivity contribution < 1.29 is 0 Å². The Morgan fingerprint density at radius 3 is 1.74 bits per heavy atom. The van der Waals surface area contributed by atoms with Crippen molar-refractivity contribution in [1.82, 2.24) is 9.80 Å². The average molecular weight is 485 g/mol. The molecule has 2 rings (SSSR count). The molecule has 1 aliphatic heterocycles. The first-order chi connectivity index (χ1) is 15.9. The van der Waals surface area contributed by atoms with Crippen molar-refractivity contribution in [2.24, 2.45) is 28.1 Å². The number of likely N-dealkylation sites (tertiary alicyclic amines) is 1. The summed E-state index contributed by atoms with van der Waals surface area (Å²) in [6.07, 6.45) is 7.79. The second-order valence-corrected chi connectivity index (χ2v) is 15.5. The Morgan fingerprint density at radius 1 is 0.857 bits per heavy atom. The lowest BCUT2D eigenvalue weighted by molar-refractivity contribution is -0.00748. The van der Waals surface area contributed by atoms with Crippen LogP contribution < -0.4 is 0 Å². The summed E-state index contributed by atoms with van der Waals surface area (Å²) in [5, 5.41) is 20.2. The molecule has 0 spiro atoms. The number of hydrogen-bond acceptors (Lipinski definition) is 4. The molecule has 200 valence electrons. The maximum atomic E-state index is 10.2. The highest BCUT2D eigenvalue weighted by molar-refractivity contribution is 5.09. The van der Waals surface area contributed by atoms with E-state index in [0.29, 0.717) is 11.5 Å². The van der Waals surface area contributed by atoms with Crippen molar-refractivity contribution in [3.63, 3.8) is 0 Å². The monoisotopic (exact) mass is 484 g/mol. The van der Waals surface area contributed by atoms with Crippen LogP contribution in [-0.4, -0.2) is 46.6 Å². The molecule has 0 amide bonds. The van der Waals surface area contributed by atoms with E-state index in [1.807, 2.05) is 0 Å². The summed E-state index contributed by atoms with van der Waals surface area (Å²) in [4.78, 5) is 5.21. The van der Waals surface area contributed by atoms with E-state index in [2.05, 4.69) is 98.1 Å². The first-order valence-corrected chi connectivity index (χ1v) is 14.2. The molecular formula is C31H56N4. The SMILES string of the molecule is CC(C)(C)C1CCC(N(CC(C#N)CC(C)(C)N2CCC(C#N)(C(C)(C)C)CC2)C(C)(C)C)CC1. The fourth-order valence-electron chi connectivity index (χ4n) is 6.87. The third kappa shape index (κ3) is 7.23. The van der Waals surface area contributed by atoms with Gasteiger partial charge in [-0.2, -0.15) is 10.5 Å². The molecular weight excluding hydrogens is 428 g/mol. The quantitative estimate of drug-likeness (QED) is 0.388. The van der Waals surface area contributed by atoms with E-state index in [1.54, 1.807) is 0 Å². The standard InChI is InChI=1S/C31H56N4/c1-27(2,3)25-12-14-26(15-13-25)35(29(7,8)9)22-24(21-32)20-30(10,11)34-18-16-31(23-33,17-19-34)28(4,5)6/h24-26H,12-20,22H2,1-11H3. The highest BCUT2D eigenvalue weighted by atomic mass is 15.2. The number of nitrogens with zero attached hydrogens (tertiary/aromatic N) is 4. The lowest BCUT2D eigenvalue weighted by atomic mass is 9.62. The summed E-state index contributed by atoms with van der Waals surface area (Å²) in [5.74, 6) is 0.814. The Kier molecular flexibility index (Phi) is 9.22. The molecule has 0 aromatic heterocycles. The molecule has 1 heterocycles. The second-order valence-electron chi connectivity index (χ2n) is 15.5. The predicted octanol–water partition coefficient (Wildman–Crippen LogP) is 7.65. The lowest BCUT2D eigenvalue weighted by Crippen LogP contribution is -2.55. The molecule has 1 unspecified atom stereocenters. The largest absolute Gasteiger partial charge is 0.298 e. The van der Waals surface area contributed by atoms with E-state index in [0.717, 1.165) is 44.8 Å². The Hall–Kier alpha value is -1.10. The van der Waals surface area contributed by atoms with Crippen LogP contribution in [-0.2, 0) is 0 Å². The average Bonchev–Trinajstić information content (AvgIpc) is 2.74. The molecule has 0 N–H and O–H groups in total. The van der Waals surface area contributed by atoms with Crippen LogP contribution in [0.3, 0.4) is 0 Å². The normalized spacial score (nSPS) is 25.7. The Bertz CT molecular complexity index is 761. The van der Waals surface area contributed by atoms with E-state index in [-0.39, 0.29) is 27.8 Å². The van der Waals surface area contributed by atoms with Gasteiger partial charge in [0, 0.05) is 36.8 Å². The van der Waals surface area contributed by atoms with Crippen LogP contribution in [0.1, 0.15) is 121 Å². The topological polar surface area (TPSA) is 54.1 Å². The van der Waals surface area contributed by atoms with Gasteiger partial charge in [-0.3, -0.25) is 9.80 Å². The third-order valence-electron chi connectivity index (χ3n) is 9.69. The summed E-state index contributed by atoms with van der Waals surface area (Å²) in [6.45, 7) is 28.1. The zero-order valence-corrected chi connectivity index (χ0v) is 25.1. The third-order valence-corrected chi connectivity index (χ3v) is 9.69. The number of piperidine rings is 1. The van der Waals surface area contributed by atoms with Gasteiger partial charge >= 0.3 is 0 Å². The summed E-state index contributed by atoms with van der Waals surface area (Å²) in [7, 11) is 0. The molecule has 1 atom stereocenters. The molecule has 0 aromatic rings. The predicted molar refractivity (Wildman–Crippen MR) is 148 cm³/mol. The van der Waals surface area contributed by atoms with Gasteiger partial charge in [-0.1, -0.05) is 41.5 Å². The minimum atomic E-state index is -0.247. The van der Waals surface area contributed by atoms with Gasteiger partial charge in [0.2, 0.25) is 0 Å². The number of rotatable bonds is 6. The lowest BCUT2D eigenvalue weighted by Gasteiger charge is -2.51. The fourth-order valence-corrected chi connectivity index (χ4v) is 6.87. The zero-order chi connectivity index (χ0) is 26.9. The van der Waals surface area contributed by atoms with E-state index in [4.69, 9.17) is 0 Å². The summed E-state index contributed by atoms with van der Waals surface area (Å²) >= 11 is 0. The smallest absolute Gasteiger partial charge is 0.0696 e. The van der Waals surface area contributed by atoms with Crippen LogP contribution in [0.5, 0.6) is 0 Å². The maximum Gasteiger partial charge on any atom is 0.0696 e. The van der Waals surface area contributed by atoms with Crippen molar-refractivity contribution >= 4 is 0 Å². The van der Waals surface area contributed by atoms with Crippen LogP contribution in [0.2, 0.25) is 0 Å². The van der Waals surface area contributed by atoms with Crippen LogP contribution in [0.4, 0.5) is 0 Å². The van der Waals surface area contributed by atoms with Crippen molar-refractivity contribution in [3.8, 4) is 12.1 Å². The van der Waals surface area contributed by atoms with Gasteiger partial charge in [0.05, 0.1) is 23.5 Å². The van der Waals surface area contributed by atoms with E-state index >= 15 is 0 Å². The summed E-state index contributed by atoms with van der Waals surface area (Å²) in [6, 6.07) is 5.96. The molecule has 0 radical (unpaired) electrons. The van der Waals surface area contributed by atoms with Gasteiger partial charge in [-0.05, 0) is 96.3 Å². The van der Waals surface area contributed by atoms with Gasteiger partial charge in [0.1, 0.15) is 0 Å². The Balaban J connectivity index is 2.07. The second kappa shape index (κ2) is 10.7. The van der Waals surface area contributed by atoms with Crippen molar-refractivity contribution in [2.45, 2.75) is 138 Å². The molecule has 1 aliphatic carbocycles. The van der Waals surface area contributed by atoms with Crippen molar-refractivity contribution in [1.29, 1.82) is 10.5 Å². The van der Waals surface area contributed by atoms with Crippen LogP contribution in [0.15, 0.2) is 0 Å². The van der Waals surface area contributed by atoms with Crippen molar-refractivity contribution in [3.05, 3.63) is 0 Å². The first-order valence-electron chi connectivity index (χ1n) is 14.2. The highest BCUT2D eigenvalue weighted by Crippen LogP contribution is 2.47. The molecule has 4 heteroatoms. The molecule has 1 saturated heterocycles. The highest BCUT2D eigenvalue weighted by Gasteiger charge is 2.47.